The van der Waals surface area contributed by atoms with Crippen molar-refractivity contribution in [2.45, 2.75) is 6.54 Å². The Hall–Kier alpha value is -0.600. The van der Waals surface area contributed by atoms with E-state index in [9.17, 15) is 17.6 Å². The van der Waals surface area contributed by atoms with Crippen LogP contribution in [-0.2, 0) is 6.54 Å². The zero-order chi connectivity index (χ0) is 14.2. The minimum Gasteiger partial charge on any atom is -0.375 e. The summed E-state index contributed by atoms with van der Waals surface area (Å²) in [5.74, 6) is -5.74. The molecule has 0 saturated carbocycles. The lowest BCUT2D eigenvalue weighted by molar-refractivity contribution is 0.458. The quantitative estimate of drug-likeness (QED) is 0.516. The van der Waals surface area contributed by atoms with Crippen molar-refractivity contribution in [3.05, 3.63) is 48.5 Å². The number of benzene rings is 1. The maximum atomic E-state index is 13.4. The number of halogens is 6. The molecule has 1 nitrogen and oxygen atoms in total. The molecule has 0 aliphatic carbocycles. The molecule has 0 saturated heterocycles. The molecular weight excluding hydrogens is 414 g/mol. The van der Waals surface area contributed by atoms with Gasteiger partial charge in [0.2, 0.25) is 0 Å². The number of rotatable bonds is 3. The van der Waals surface area contributed by atoms with Gasteiger partial charge in [-0.15, -0.1) is 11.3 Å². The Bertz CT molecular complexity index is 584. The summed E-state index contributed by atoms with van der Waals surface area (Å²) in [7, 11) is 0. The molecule has 0 spiro atoms. The van der Waals surface area contributed by atoms with Crippen molar-refractivity contribution in [1.82, 2.24) is 0 Å². The van der Waals surface area contributed by atoms with E-state index >= 15 is 0 Å². The van der Waals surface area contributed by atoms with Crippen LogP contribution in [0.1, 0.15) is 4.88 Å². The smallest absolute Gasteiger partial charge is 0.185 e. The predicted octanol–water partition coefficient (Wildman–Crippen LogP) is 5.44. The minimum absolute atomic E-state index is 0.0472. The summed E-state index contributed by atoms with van der Waals surface area (Å²) in [6, 6.07) is 1.90. The fourth-order valence-electron chi connectivity index (χ4n) is 1.38. The third-order valence-electron chi connectivity index (χ3n) is 2.25. The van der Waals surface area contributed by atoms with Crippen molar-refractivity contribution in [2.75, 3.05) is 5.32 Å². The molecule has 8 heteroatoms. The van der Waals surface area contributed by atoms with Crippen molar-refractivity contribution < 1.29 is 17.6 Å². The number of hydrogen-bond acceptors (Lipinski definition) is 2. The Balaban J connectivity index is 2.24. The van der Waals surface area contributed by atoms with E-state index in [2.05, 4.69) is 37.2 Å². The standard InChI is InChI=1S/C11H5Br2F4NS/c12-5-1-4(19-11(5)13)3-18-10-8(16)6(14)2-7(15)9(10)17/h1-2,18H,3H2. The largest absolute Gasteiger partial charge is 0.375 e. The molecule has 0 bridgehead atoms. The molecular formula is C11H5Br2F4NS. The van der Waals surface area contributed by atoms with Gasteiger partial charge in [0.15, 0.2) is 23.3 Å². The van der Waals surface area contributed by atoms with Gasteiger partial charge in [0, 0.05) is 22.0 Å². The lowest BCUT2D eigenvalue weighted by Crippen LogP contribution is -2.06. The molecule has 0 radical (unpaired) electrons. The molecule has 1 aromatic heterocycles. The number of thiophene rings is 1. The molecule has 2 aromatic rings. The van der Waals surface area contributed by atoms with Gasteiger partial charge in [-0.1, -0.05) is 0 Å². The fourth-order valence-corrected chi connectivity index (χ4v) is 3.50. The highest BCUT2D eigenvalue weighted by molar-refractivity contribution is 9.13. The monoisotopic (exact) mass is 417 g/mol. The molecule has 1 N–H and O–H groups in total. The Kier molecular flexibility index (Phi) is 4.52. The molecule has 2 rings (SSSR count). The molecule has 0 amide bonds. The van der Waals surface area contributed by atoms with Gasteiger partial charge in [0.1, 0.15) is 5.69 Å². The van der Waals surface area contributed by atoms with Crippen LogP contribution in [0.15, 0.2) is 20.4 Å². The second-order valence-corrected chi connectivity index (χ2v) is 6.84. The van der Waals surface area contributed by atoms with E-state index in [1.165, 1.54) is 11.3 Å². The summed E-state index contributed by atoms with van der Waals surface area (Å²) in [6.45, 7) is 0.0472. The van der Waals surface area contributed by atoms with E-state index in [0.29, 0.717) is 0 Å². The van der Waals surface area contributed by atoms with Gasteiger partial charge in [0.05, 0.1) is 3.79 Å². The predicted molar refractivity (Wildman–Crippen MR) is 73.3 cm³/mol. The second kappa shape index (κ2) is 5.80. The van der Waals surface area contributed by atoms with Gasteiger partial charge < -0.3 is 5.32 Å². The normalized spacial score (nSPS) is 10.8. The average Bonchev–Trinajstić information content (AvgIpc) is 2.66. The van der Waals surface area contributed by atoms with Crippen molar-refractivity contribution >= 4 is 48.9 Å². The first-order valence-corrected chi connectivity index (χ1v) is 7.31. The molecule has 1 aromatic carbocycles. The van der Waals surface area contributed by atoms with E-state index in [1.807, 2.05) is 0 Å². The van der Waals surface area contributed by atoms with Crippen LogP contribution in [0, 0.1) is 23.3 Å². The first kappa shape index (κ1) is 14.8. The van der Waals surface area contributed by atoms with Crippen LogP contribution in [0.3, 0.4) is 0 Å². The molecule has 0 unspecified atom stereocenters. The van der Waals surface area contributed by atoms with Crippen molar-refractivity contribution in [1.29, 1.82) is 0 Å². The van der Waals surface area contributed by atoms with E-state index in [1.54, 1.807) is 6.07 Å². The molecule has 0 aliphatic heterocycles. The van der Waals surface area contributed by atoms with Crippen molar-refractivity contribution in [3.8, 4) is 0 Å². The maximum absolute atomic E-state index is 13.4. The van der Waals surface area contributed by atoms with Crippen LogP contribution >= 0.6 is 43.2 Å². The summed E-state index contributed by atoms with van der Waals surface area (Å²) in [5, 5.41) is 2.36. The van der Waals surface area contributed by atoms with Crippen LogP contribution < -0.4 is 5.32 Å². The van der Waals surface area contributed by atoms with Gasteiger partial charge in [-0.3, -0.25) is 0 Å². The van der Waals surface area contributed by atoms with Crippen molar-refractivity contribution in [2.24, 2.45) is 0 Å². The average molecular weight is 419 g/mol. The first-order valence-electron chi connectivity index (χ1n) is 4.90. The number of nitrogens with one attached hydrogen (secondary N) is 1. The zero-order valence-corrected chi connectivity index (χ0v) is 13.0. The van der Waals surface area contributed by atoms with Crippen LogP contribution in [-0.4, -0.2) is 0 Å². The van der Waals surface area contributed by atoms with Crippen LogP contribution in [0.5, 0.6) is 0 Å². The summed E-state index contributed by atoms with van der Waals surface area (Å²) in [6.07, 6.45) is 0. The SMILES string of the molecule is Fc1cc(F)c(F)c(NCc2cc(Br)c(Br)s2)c1F. The molecule has 0 aliphatic rings. The zero-order valence-electron chi connectivity index (χ0n) is 9.04. The van der Waals surface area contributed by atoms with E-state index in [-0.39, 0.29) is 12.6 Å². The Morgan fingerprint density at radius 1 is 1.00 bits per heavy atom. The molecule has 0 atom stereocenters. The summed E-state index contributed by atoms with van der Waals surface area (Å²) >= 11 is 7.86. The van der Waals surface area contributed by atoms with Crippen molar-refractivity contribution in [3.63, 3.8) is 0 Å². The lowest BCUT2D eigenvalue weighted by atomic mass is 10.2. The van der Waals surface area contributed by atoms with E-state index < -0.39 is 29.0 Å². The highest BCUT2D eigenvalue weighted by Gasteiger charge is 2.19. The molecule has 19 heavy (non-hydrogen) atoms. The third kappa shape index (κ3) is 3.11. The molecule has 1 heterocycles. The maximum Gasteiger partial charge on any atom is 0.185 e. The van der Waals surface area contributed by atoms with Gasteiger partial charge >= 0.3 is 0 Å². The number of anilines is 1. The molecule has 102 valence electrons. The van der Waals surface area contributed by atoms with Gasteiger partial charge in [-0.2, -0.15) is 0 Å². The van der Waals surface area contributed by atoms with Crippen LogP contribution in [0.4, 0.5) is 23.2 Å². The van der Waals surface area contributed by atoms with E-state index in [4.69, 9.17) is 0 Å². The summed E-state index contributed by atoms with van der Waals surface area (Å²) in [4.78, 5) is 0.738. The van der Waals surface area contributed by atoms with Gasteiger partial charge in [0.25, 0.3) is 0 Å². The second-order valence-electron chi connectivity index (χ2n) is 3.53. The molecule has 0 fully saturated rings. The van der Waals surface area contributed by atoms with Crippen LogP contribution in [0.2, 0.25) is 0 Å². The Labute approximate surface area is 126 Å². The number of hydrogen-bond donors (Lipinski definition) is 1. The minimum atomic E-state index is -1.44. The first-order chi connectivity index (χ1) is 8.90. The Morgan fingerprint density at radius 2 is 1.58 bits per heavy atom. The Morgan fingerprint density at radius 3 is 2.05 bits per heavy atom. The highest BCUT2D eigenvalue weighted by atomic mass is 79.9. The topological polar surface area (TPSA) is 12.0 Å². The summed E-state index contributed by atoms with van der Waals surface area (Å²) < 4.78 is 54.3. The summed E-state index contributed by atoms with van der Waals surface area (Å²) in [5.41, 5.74) is -0.807. The fraction of sp³-hybridized carbons (Fsp3) is 0.0909. The van der Waals surface area contributed by atoms with E-state index in [0.717, 1.165) is 13.1 Å². The highest BCUT2D eigenvalue weighted by Crippen LogP contribution is 2.33. The van der Waals surface area contributed by atoms with Crippen LogP contribution in [0.25, 0.3) is 0 Å². The van der Waals surface area contributed by atoms with Gasteiger partial charge in [-0.05, 0) is 37.9 Å². The van der Waals surface area contributed by atoms with Gasteiger partial charge in [-0.25, -0.2) is 17.6 Å². The third-order valence-corrected chi connectivity index (χ3v) is 5.50. The lowest BCUT2D eigenvalue weighted by Gasteiger charge is -2.08.